The molecule has 0 aliphatic carbocycles. The normalized spacial score (nSPS) is 10.4. The quantitative estimate of drug-likeness (QED) is 0.158. The zero-order valence-corrected chi connectivity index (χ0v) is 21.8. The maximum Gasteiger partial charge on any atom is 1.00 e. The van der Waals surface area contributed by atoms with Crippen LogP contribution >= 0.6 is 0 Å². The van der Waals surface area contributed by atoms with Crippen LogP contribution in [0, 0.1) is 0 Å². The predicted molar refractivity (Wildman–Crippen MR) is 117 cm³/mol. The van der Waals surface area contributed by atoms with Crippen LogP contribution in [0.1, 0.15) is 131 Å². The van der Waals surface area contributed by atoms with E-state index in [0.717, 1.165) is 25.7 Å². The van der Waals surface area contributed by atoms with Gasteiger partial charge < -0.3 is 10.9 Å². The summed E-state index contributed by atoms with van der Waals surface area (Å²) >= 11 is 0. The van der Waals surface area contributed by atoms with Crippen LogP contribution in [0.25, 0.3) is 0 Å². The third kappa shape index (κ3) is 25.9. The van der Waals surface area contributed by atoms with Gasteiger partial charge in [-0.2, -0.15) is 0 Å². The molecule has 0 aliphatic heterocycles. The van der Waals surface area contributed by atoms with Gasteiger partial charge in [0.1, 0.15) is 0 Å². The Hall–Kier alpha value is -0.0600. The molecule has 0 radical (unpaired) electrons. The minimum Gasteiger partial charge on any atom is -1.00 e. The van der Waals surface area contributed by atoms with Gasteiger partial charge in [-0.05, 0) is 12.8 Å². The summed E-state index contributed by atoms with van der Waals surface area (Å²) in [7, 11) is 0. The van der Waals surface area contributed by atoms with Gasteiger partial charge in [0, 0.05) is 0 Å². The van der Waals surface area contributed by atoms with Gasteiger partial charge in [-0.1, -0.05) is 104 Å². The Kier molecular flexibility index (Phi) is 27.9. The molecule has 0 fully saturated rings. The van der Waals surface area contributed by atoms with Crippen molar-refractivity contribution in [2.75, 3.05) is 13.2 Å². The van der Waals surface area contributed by atoms with E-state index < -0.39 is 0 Å². The summed E-state index contributed by atoms with van der Waals surface area (Å²) in [5.41, 5.74) is 0. The first-order valence-electron chi connectivity index (χ1n) is 12.0. The molecule has 0 amide bonds. The molecular weight excluding hydrogens is 375 g/mol. The van der Waals surface area contributed by atoms with Crippen LogP contribution in [0.15, 0.2) is 0 Å². The average molecular weight is 423 g/mol. The van der Waals surface area contributed by atoms with Crippen LogP contribution in [-0.4, -0.2) is 25.2 Å². The van der Waals surface area contributed by atoms with Gasteiger partial charge in [-0.15, -0.1) is 0 Å². The number of unbranched alkanes of at least 4 members (excludes halogenated alkanes) is 14. The molecule has 4 nitrogen and oxygen atoms in total. The minimum absolute atomic E-state index is 0. The number of rotatable bonds is 21. The van der Waals surface area contributed by atoms with Crippen molar-refractivity contribution in [1.82, 2.24) is 0 Å². The van der Waals surface area contributed by atoms with Crippen molar-refractivity contribution in [3.63, 3.8) is 0 Å². The Labute approximate surface area is 204 Å². The molecule has 0 unspecified atom stereocenters. The van der Waals surface area contributed by atoms with Crippen molar-refractivity contribution in [2.24, 2.45) is 0 Å². The van der Waals surface area contributed by atoms with Crippen LogP contribution in [0.5, 0.6) is 0 Å². The molecule has 0 aromatic rings. The number of ether oxygens (including phenoxy) is 2. The molecule has 0 bridgehead atoms. The fraction of sp³-hybridized carbons (Fsp3) is 0.917. The monoisotopic (exact) mass is 422 g/mol. The summed E-state index contributed by atoms with van der Waals surface area (Å²) in [5.74, 6) is -0.570. The summed E-state index contributed by atoms with van der Waals surface area (Å²) < 4.78 is 10.4. The topological polar surface area (TPSA) is 52.6 Å². The Bertz CT molecular complexity index is 333. The first-order chi connectivity index (χ1) is 13.7. The van der Waals surface area contributed by atoms with Gasteiger partial charge >= 0.3 is 41.5 Å². The zero-order chi connectivity index (χ0) is 20.7. The average Bonchev–Trinajstić information content (AvgIpc) is 2.69. The SMILES string of the molecule is CCCCCCCCCCOC(=O)CCC(=O)OCCCCCCCCCC.[H-].[Na+]. The molecular formula is C24H47NaO4. The maximum atomic E-state index is 11.6. The summed E-state index contributed by atoms with van der Waals surface area (Å²) in [6.45, 7) is 5.40. The van der Waals surface area contributed by atoms with Gasteiger partial charge in [0.15, 0.2) is 0 Å². The van der Waals surface area contributed by atoms with Crippen LogP contribution in [-0.2, 0) is 19.1 Å². The van der Waals surface area contributed by atoms with Crippen LogP contribution in [0.3, 0.4) is 0 Å². The van der Waals surface area contributed by atoms with Gasteiger partial charge in [-0.3, -0.25) is 9.59 Å². The first-order valence-corrected chi connectivity index (χ1v) is 12.0. The fourth-order valence-corrected chi connectivity index (χ4v) is 3.19. The van der Waals surface area contributed by atoms with Crippen LogP contribution < -0.4 is 29.6 Å². The van der Waals surface area contributed by atoms with Gasteiger partial charge in [0.2, 0.25) is 0 Å². The van der Waals surface area contributed by atoms with Gasteiger partial charge in [-0.25, -0.2) is 0 Å². The van der Waals surface area contributed by atoms with E-state index in [1.807, 2.05) is 0 Å². The summed E-state index contributed by atoms with van der Waals surface area (Å²) in [4.78, 5) is 23.3. The van der Waals surface area contributed by atoms with Crippen LogP contribution in [0.4, 0.5) is 0 Å². The molecule has 0 saturated carbocycles. The number of hydrogen-bond acceptors (Lipinski definition) is 4. The van der Waals surface area contributed by atoms with E-state index in [1.165, 1.54) is 77.0 Å². The molecule has 0 aliphatic rings. The Morgan fingerprint density at radius 3 is 1.10 bits per heavy atom. The second-order valence-electron chi connectivity index (χ2n) is 7.89. The van der Waals surface area contributed by atoms with E-state index >= 15 is 0 Å². The van der Waals surface area contributed by atoms with Gasteiger partial charge in [0.05, 0.1) is 26.1 Å². The molecule has 0 aromatic carbocycles. The molecule has 29 heavy (non-hydrogen) atoms. The van der Waals surface area contributed by atoms with E-state index in [9.17, 15) is 9.59 Å². The van der Waals surface area contributed by atoms with E-state index in [1.54, 1.807) is 0 Å². The summed E-state index contributed by atoms with van der Waals surface area (Å²) in [6, 6.07) is 0. The van der Waals surface area contributed by atoms with Crippen molar-refractivity contribution in [3.05, 3.63) is 0 Å². The Morgan fingerprint density at radius 1 is 0.517 bits per heavy atom. The molecule has 0 heterocycles. The number of hydrogen-bond donors (Lipinski definition) is 0. The molecule has 0 aromatic heterocycles. The second-order valence-corrected chi connectivity index (χ2v) is 7.89. The Balaban J connectivity index is -0.00000364. The van der Waals surface area contributed by atoms with Crippen molar-refractivity contribution in [2.45, 2.75) is 129 Å². The fourth-order valence-electron chi connectivity index (χ4n) is 3.19. The van der Waals surface area contributed by atoms with Crippen molar-refractivity contribution < 1.29 is 50.0 Å². The maximum absolute atomic E-state index is 11.6. The molecule has 0 atom stereocenters. The zero-order valence-electron chi connectivity index (χ0n) is 20.8. The Morgan fingerprint density at radius 2 is 0.793 bits per heavy atom. The predicted octanol–water partition coefficient (Wildman–Crippen LogP) is 4.25. The number of esters is 2. The number of carbonyl (C=O) groups is 2. The summed E-state index contributed by atoms with van der Waals surface area (Å²) in [6.07, 6.45) is 19.8. The van der Waals surface area contributed by atoms with E-state index in [2.05, 4.69) is 13.8 Å². The molecule has 0 rings (SSSR count). The third-order valence-electron chi connectivity index (χ3n) is 5.06. The van der Waals surface area contributed by atoms with E-state index in [-0.39, 0.29) is 55.8 Å². The van der Waals surface area contributed by atoms with Crippen molar-refractivity contribution in [1.29, 1.82) is 0 Å². The van der Waals surface area contributed by atoms with E-state index in [0.29, 0.717) is 13.2 Å². The van der Waals surface area contributed by atoms with E-state index in [4.69, 9.17) is 9.47 Å². The molecule has 5 heteroatoms. The molecule has 0 N–H and O–H groups in total. The van der Waals surface area contributed by atoms with Crippen molar-refractivity contribution in [3.8, 4) is 0 Å². The van der Waals surface area contributed by atoms with Gasteiger partial charge in [0.25, 0.3) is 0 Å². The summed E-state index contributed by atoms with van der Waals surface area (Å²) in [5, 5.41) is 0. The smallest absolute Gasteiger partial charge is 1.00 e. The molecule has 0 saturated heterocycles. The largest absolute Gasteiger partial charge is 1.00 e. The number of carbonyl (C=O) groups excluding carboxylic acids is 2. The first kappa shape index (κ1) is 31.1. The third-order valence-corrected chi connectivity index (χ3v) is 5.06. The van der Waals surface area contributed by atoms with Crippen LogP contribution in [0.2, 0.25) is 0 Å². The minimum atomic E-state index is -0.285. The molecule has 168 valence electrons. The second kappa shape index (κ2) is 26.0. The molecule has 0 spiro atoms. The standard InChI is InChI=1S/C24H46O4.Na.H/c1-3-5-7-9-11-13-15-17-21-27-23(25)19-20-24(26)28-22-18-16-14-12-10-8-6-4-2;;/h3-22H2,1-2H3;;/q;+1;-1. The van der Waals surface area contributed by atoms with Crippen molar-refractivity contribution >= 4 is 11.9 Å².